The summed E-state index contributed by atoms with van der Waals surface area (Å²) in [6.45, 7) is 0. The molecule has 0 aliphatic carbocycles. The van der Waals surface area contributed by atoms with Gasteiger partial charge in [0.2, 0.25) is 0 Å². The fraction of sp³-hybridized carbons (Fsp3) is 0. The lowest BCUT2D eigenvalue weighted by Crippen LogP contribution is -1.98. The quantitative estimate of drug-likeness (QED) is 0.687. The Bertz CT molecular complexity index is 513. The summed E-state index contributed by atoms with van der Waals surface area (Å²) in [5, 5.41) is 12.4. The zero-order valence-corrected chi connectivity index (χ0v) is 8.36. The van der Waals surface area contributed by atoms with Crippen molar-refractivity contribution in [2.24, 2.45) is 0 Å². The Morgan fingerprint density at radius 1 is 1.54 bits per heavy atom. The Balaban J connectivity index is 2.90. The highest BCUT2D eigenvalue weighted by molar-refractivity contribution is 14.1. The van der Waals surface area contributed by atoms with Crippen LogP contribution in [0.15, 0.2) is 12.4 Å². The van der Waals surface area contributed by atoms with E-state index in [0.717, 1.165) is 0 Å². The van der Waals surface area contributed by atoms with Gasteiger partial charge >= 0.3 is 0 Å². The van der Waals surface area contributed by atoms with Crippen LogP contribution in [0, 0.1) is 20.8 Å². The topological polar surface area (TPSA) is 54.0 Å². The number of nitriles is 1. The van der Waals surface area contributed by atoms with Crippen molar-refractivity contribution in [2.45, 2.75) is 0 Å². The highest BCUT2D eigenvalue weighted by Gasteiger charge is 2.11. The van der Waals surface area contributed by atoms with Crippen molar-refractivity contribution in [3.05, 3.63) is 27.5 Å². The van der Waals surface area contributed by atoms with Crippen molar-refractivity contribution in [3.8, 4) is 6.07 Å². The molecule has 0 saturated carbocycles. The van der Waals surface area contributed by atoms with Crippen molar-refractivity contribution in [2.75, 3.05) is 0 Å². The Labute approximate surface area is 86.1 Å². The van der Waals surface area contributed by atoms with Crippen molar-refractivity contribution >= 4 is 28.2 Å². The normalized spacial score (nSPS) is 10.2. The van der Waals surface area contributed by atoms with Crippen LogP contribution in [-0.2, 0) is 0 Å². The van der Waals surface area contributed by atoms with Gasteiger partial charge in [0.15, 0.2) is 11.5 Å². The van der Waals surface area contributed by atoms with E-state index in [4.69, 9.17) is 5.26 Å². The number of halogens is 2. The maximum Gasteiger partial charge on any atom is 0.192 e. The molecule has 0 amide bonds. The molecule has 0 radical (unpaired) electrons. The molecule has 2 rings (SSSR count). The lowest BCUT2D eigenvalue weighted by atomic mass is 10.3. The smallest absolute Gasteiger partial charge is 0.192 e. The summed E-state index contributed by atoms with van der Waals surface area (Å²) < 4.78 is 15.4. The molecular formula is C7H2FIN4. The minimum absolute atomic E-state index is 0.0865. The highest BCUT2D eigenvalue weighted by atomic mass is 127. The van der Waals surface area contributed by atoms with E-state index < -0.39 is 5.82 Å². The van der Waals surface area contributed by atoms with Gasteiger partial charge in [0.25, 0.3) is 0 Å². The third-order valence-corrected chi connectivity index (χ3v) is 2.29. The van der Waals surface area contributed by atoms with Crippen molar-refractivity contribution in [1.82, 2.24) is 14.6 Å². The van der Waals surface area contributed by atoms with Crippen LogP contribution in [0.5, 0.6) is 0 Å². The number of rotatable bonds is 0. The van der Waals surface area contributed by atoms with Crippen LogP contribution < -0.4 is 0 Å². The Kier molecular flexibility index (Phi) is 1.88. The Morgan fingerprint density at radius 3 is 3.00 bits per heavy atom. The van der Waals surface area contributed by atoms with Crippen LogP contribution >= 0.6 is 22.6 Å². The first kappa shape index (κ1) is 8.37. The second kappa shape index (κ2) is 2.92. The number of nitrogens with zero attached hydrogens (tertiary/aromatic N) is 4. The first-order valence-electron chi connectivity index (χ1n) is 3.32. The molecule has 0 bridgehead atoms. The summed E-state index contributed by atoms with van der Waals surface area (Å²) in [6.07, 6.45) is 2.68. The largest absolute Gasteiger partial charge is 0.232 e. The molecule has 0 spiro atoms. The first-order chi connectivity index (χ1) is 6.24. The maximum atomic E-state index is 13.3. The fourth-order valence-electron chi connectivity index (χ4n) is 0.955. The minimum atomic E-state index is -0.625. The zero-order chi connectivity index (χ0) is 9.42. The molecule has 0 saturated heterocycles. The number of imidazole rings is 1. The molecule has 4 nitrogen and oxygen atoms in total. The highest BCUT2D eigenvalue weighted by Crippen LogP contribution is 2.13. The molecule has 6 heteroatoms. The lowest BCUT2D eigenvalue weighted by molar-refractivity contribution is 0.617. The molecular weight excluding hydrogens is 286 g/mol. The number of hydrogen-bond donors (Lipinski definition) is 0. The van der Waals surface area contributed by atoms with Gasteiger partial charge in [0.05, 0.1) is 12.4 Å². The van der Waals surface area contributed by atoms with Crippen LogP contribution in [0.4, 0.5) is 4.39 Å². The van der Waals surface area contributed by atoms with Gasteiger partial charge in [-0.05, 0) is 22.6 Å². The van der Waals surface area contributed by atoms with E-state index in [9.17, 15) is 4.39 Å². The molecule has 0 fully saturated rings. The van der Waals surface area contributed by atoms with Crippen LogP contribution in [-0.4, -0.2) is 14.6 Å². The van der Waals surface area contributed by atoms with Crippen molar-refractivity contribution in [3.63, 3.8) is 0 Å². The summed E-state index contributed by atoms with van der Waals surface area (Å²) in [4.78, 5) is 3.79. The van der Waals surface area contributed by atoms with Crippen LogP contribution in [0.3, 0.4) is 0 Å². The number of hydrogen-bond acceptors (Lipinski definition) is 3. The molecule has 0 aliphatic heterocycles. The molecule has 13 heavy (non-hydrogen) atoms. The summed E-state index contributed by atoms with van der Waals surface area (Å²) in [5.74, 6) is -0.625. The van der Waals surface area contributed by atoms with E-state index >= 15 is 0 Å². The molecule has 0 aliphatic rings. The monoisotopic (exact) mass is 288 g/mol. The minimum Gasteiger partial charge on any atom is -0.232 e. The van der Waals surface area contributed by atoms with E-state index in [1.807, 2.05) is 22.6 Å². The Morgan fingerprint density at radius 2 is 2.31 bits per heavy atom. The summed E-state index contributed by atoms with van der Waals surface area (Å²) in [5.41, 5.74) is -0.00190. The average molecular weight is 288 g/mol. The van der Waals surface area contributed by atoms with Gasteiger partial charge in [-0.3, -0.25) is 0 Å². The van der Waals surface area contributed by atoms with Gasteiger partial charge in [-0.1, -0.05) is 0 Å². The first-order valence-corrected chi connectivity index (χ1v) is 4.39. The second-order valence-corrected chi connectivity index (χ2v) is 3.41. The summed E-state index contributed by atoms with van der Waals surface area (Å²) in [6, 6.07) is 1.70. The van der Waals surface area contributed by atoms with Crippen LogP contribution in [0.2, 0.25) is 0 Å². The van der Waals surface area contributed by atoms with Crippen LogP contribution in [0.25, 0.3) is 5.65 Å². The molecule has 2 heterocycles. The molecule has 64 valence electrons. The van der Waals surface area contributed by atoms with E-state index in [-0.39, 0.29) is 11.2 Å². The van der Waals surface area contributed by atoms with Gasteiger partial charge in [-0.25, -0.2) is 13.9 Å². The molecule has 0 aromatic carbocycles. The molecule has 2 aromatic rings. The van der Waals surface area contributed by atoms with Gasteiger partial charge in [-0.15, -0.1) is 0 Å². The standard InChI is InChI=1S/C7H2FIN4/c8-6-4(1-10)2-12-13-5(9)3-11-7(6)13/h2-3H. The number of fused-ring (bicyclic) bond motifs is 1. The van der Waals surface area contributed by atoms with E-state index in [1.165, 1.54) is 16.9 Å². The van der Waals surface area contributed by atoms with Gasteiger partial charge in [-0.2, -0.15) is 10.4 Å². The fourth-order valence-corrected chi connectivity index (χ4v) is 1.45. The molecule has 0 unspecified atom stereocenters. The van der Waals surface area contributed by atoms with E-state index in [1.54, 1.807) is 6.07 Å². The maximum absolute atomic E-state index is 13.3. The van der Waals surface area contributed by atoms with Gasteiger partial charge in [0, 0.05) is 0 Å². The number of aromatic nitrogens is 3. The second-order valence-electron chi connectivity index (χ2n) is 2.30. The van der Waals surface area contributed by atoms with Crippen molar-refractivity contribution in [1.29, 1.82) is 5.26 Å². The van der Waals surface area contributed by atoms with Crippen molar-refractivity contribution < 1.29 is 4.39 Å². The van der Waals surface area contributed by atoms with Gasteiger partial charge in [0.1, 0.15) is 15.3 Å². The van der Waals surface area contributed by atoms with E-state index in [2.05, 4.69) is 10.1 Å². The van der Waals surface area contributed by atoms with Crippen LogP contribution in [0.1, 0.15) is 5.56 Å². The predicted octanol–water partition coefficient (Wildman–Crippen LogP) is 1.34. The average Bonchev–Trinajstić information content (AvgIpc) is 2.50. The summed E-state index contributed by atoms with van der Waals surface area (Å²) >= 11 is 1.98. The van der Waals surface area contributed by atoms with E-state index in [0.29, 0.717) is 3.70 Å². The molecule has 0 N–H and O–H groups in total. The molecule has 2 aromatic heterocycles. The summed E-state index contributed by atoms with van der Waals surface area (Å²) in [7, 11) is 0. The third kappa shape index (κ3) is 1.16. The Hall–Kier alpha value is -1.23. The predicted molar refractivity (Wildman–Crippen MR) is 50.4 cm³/mol. The van der Waals surface area contributed by atoms with Gasteiger partial charge < -0.3 is 0 Å². The third-order valence-electron chi connectivity index (χ3n) is 1.55. The molecule has 0 atom stereocenters. The SMILES string of the molecule is N#Cc1cnn2c(I)cnc2c1F. The zero-order valence-electron chi connectivity index (χ0n) is 6.20. The lowest BCUT2D eigenvalue weighted by Gasteiger charge is -1.95.